The number of hydrogen-bond acceptors (Lipinski definition) is 4. The van der Waals surface area contributed by atoms with E-state index in [1.807, 2.05) is 6.92 Å². The highest BCUT2D eigenvalue weighted by molar-refractivity contribution is 7.13. The van der Waals surface area contributed by atoms with Crippen molar-refractivity contribution in [3.63, 3.8) is 0 Å². The second-order valence-electron chi connectivity index (χ2n) is 5.11. The molecule has 5 nitrogen and oxygen atoms in total. The number of halogens is 1. The first-order valence-corrected chi connectivity index (χ1v) is 8.08. The molecule has 1 aromatic carbocycles. The minimum Gasteiger partial charge on any atom is -0.369 e. The van der Waals surface area contributed by atoms with Crippen molar-refractivity contribution in [2.45, 2.75) is 19.8 Å². The lowest BCUT2D eigenvalue weighted by molar-refractivity contribution is -0.121. The van der Waals surface area contributed by atoms with Crippen molar-refractivity contribution in [1.29, 1.82) is 0 Å². The molecule has 122 valence electrons. The number of carbonyl (C=O) groups excluding carboxylic acids is 2. The number of aryl methyl sites for hydroxylation is 1. The van der Waals surface area contributed by atoms with Gasteiger partial charge in [-0.15, -0.1) is 11.3 Å². The summed E-state index contributed by atoms with van der Waals surface area (Å²) in [7, 11) is 0. The minimum absolute atomic E-state index is 0.130. The molecule has 0 bridgehead atoms. The molecule has 1 heterocycles. The molecule has 0 saturated heterocycles. The number of primary amides is 1. The lowest BCUT2D eigenvalue weighted by atomic mass is 9.98. The topological polar surface area (TPSA) is 85.1 Å². The van der Waals surface area contributed by atoms with Crippen LogP contribution < -0.4 is 11.1 Å². The number of nitrogens with two attached hydrogens (primary N) is 1. The number of amides is 2. The quantitative estimate of drug-likeness (QED) is 0.810. The zero-order chi connectivity index (χ0) is 16.8. The SMILES string of the molecule is CCc1ncc(C(=O)NCC(Cc2ccc(F)cc2)C(N)=O)s1. The highest BCUT2D eigenvalue weighted by atomic mass is 32.1. The largest absolute Gasteiger partial charge is 0.369 e. The number of benzene rings is 1. The first-order chi connectivity index (χ1) is 11.0. The smallest absolute Gasteiger partial charge is 0.263 e. The van der Waals surface area contributed by atoms with Crippen LogP contribution in [-0.4, -0.2) is 23.3 Å². The molecule has 23 heavy (non-hydrogen) atoms. The Bertz CT molecular complexity index is 685. The number of thiazole rings is 1. The van der Waals surface area contributed by atoms with E-state index in [1.165, 1.54) is 29.7 Å². The number of carbonyl (C=O) groups is 2. The number of rotatable bonds is 7. The van der Waals surface area contributed by atoms with E-state index < -0.39 is 11.8 Å². The monoisotopic (exact) mass is 335 g/mol. The summed E-state index contributed by atoms with van der Waals surface area (Å²) in [5, 5.41) is 3.59. The van der Waals surface area contributed by atoms with Gasteiger partial charge in [0.05, 0.1) is 17.1 Å². The Morgan fingerprint density at radius 2 is 2.04 bits per heavy atom. The number of hydrogen-bond donors (Lipinski definition) is 2. The minimum atomic E-state index is -0.553. The average Bonchev–Trinajstić information content (AvgIpc) is 3.01. The molecular formula is C16H18FN3O2S. The highest BCUT2D eigenvalue weighted by Crippen LogP contribution is 2.14. The lowest BCUT2D eigenvalue weighted by Crippen LogP contribution is -2.37. The fourth-order valence-electron chi connectivity index (χ4n) is 2.06. The molecule has 0 aliphatic carbocycles. The second-order valence-corrected chi connectivity index (χ2v) is 6.23. The second kappa shape index (κ2) is 7.82. The van der Waals surface area contributed by atoms with Crippen molar-refractivity contribution in [2.75, 3.05) is 6.54 Å². The third-order valence-corrected chi connectivity index (χ3v) is 4.53. The molecule has 7 heteroatoms. The molecule has 2 aromatic rings. The summed E-state index contributed by atoms with van der Waals surface area (Å²) in [4.78, 5) is 28.2. The van der Waals surface area contributed by atoms with Crippen molar-refractivity contribution >= 4 is 23.2 Å². The zero-order valence-corrected chi connectivity index (χ0v) is 13.5. The summed E-state index contributed by atoms with van der Waals surface area (Å²) in [6, 6.07) is 5.86. The van der Waals surface area contributed by atoms with Gasteiger partial charge in [0.25, 0.3) is 5.91 Å². The lowest BCUT2D eigenvalue weighted by Gasteiger charge is -2.14. The molecule has 0 fully saturated rings. The molecule has 0 aliphatic heterocycles. The van der Waals surface area contributed by atoms with Crippen molar-refractivity contribution in [3.05, 3.63) is 51.7 Å². The van der Waals surface area contributed by atoms with Gasteiger partial charge in [-0.3, -0.25) is 9.59 Å². The molecule has 2 rings (SSSR count). The fourth-order valence-corrected chi connectivity index (χ4v) is 2.83. The molecular weight excluding hydrogens is 317 g/mol. The van der Waals surface area contributed by atoms with E-state index in [0.29, 0.717) is 11.3 Å². The maximum absolute atomic E-state index is 12.9. The predicted octanol–water partition coefficient (Wildman–Crippen LogP) is 1.92. The van der Waals surface area contributed by atoms with E-state index in [1.54, 1.807) is 12.1 Å². The van der Waals surface area contributed by atoms with E-state index in [9.17, 15) is 14.0 Å². The van der Waals surface area contributed by atoms with Crippen molar-refractivity contribution < 1.29 is 14.0 Å². The molecule has 1 unspecified atom stereocenters. The van der Waals surface area contributed by atoms with Gasteiger partial charge in [0, 0.05) is 6.54 Å². The Morgan fingerprint density at radius 3 is 2.61 bits per heavy atom. The zero-order valence-electron chi connectivity index (χ0n) is 12.7. The van der Waals surface area contributed by atoms with Gasteiger partial charge < -0.3 is 11.1 Å². The highest BCUT2D eigenvalue weighted by Gasteiger charge is 2.18. The van der Waals surface area contributed by atoms with Gasteiger partial charge in [-0.05, 0) is 30.5 Å². The van der Waals surface area contributed by atoms with Gasteiger partial charge in [-0.1, -0.05) is 19.1 Å². The Hall–Kier alpha value is -2.28. The maximum atomic E-state index is 12.9. The van der Waals surface area contributed by atoms with Crippen LogP contribution in [0, 0.1) is 11.7 Å². The summed E-state index contributed by atoms with van der Waals surface area (Å²) in [5.74, 6) is -1.67. The van der Waals surface area contributed by atoms with E-state index in [-0.39, 0.29) is 18.3 Å². The molecule has 3 N–H and O–H groups in total. The van der Waals surface area contributed by atoms with Gasteiger partial charge in [0.15, 0.2) is 0 Å². The van der Waals surface area contributed by atoms with Gasteiger partial charge in [-0.2, -0.15) is 0 Å². The predicted molar refractivity (Wildman–Crippen MR) is 86.6 cm³/mol. The fraction of sp³-hybridized carbons (Fsp3) is 0.312. The van der Waals surface area contributed by atoms with Crippen LogP contribution in [0.4, 0.5) is 4.39 Å². The maximum Gasteiger partial charge on any atom is 0.263 e. The first-order valence-electron chi connectivity index (χ1n) is 7.26. The molecule has 2 amide bonds. The van der Waals surface area contributed by atoms with Crippen LogP contribution in [0.15, 0.2) is 30.5 Å². The van der Waals surface area contributed by atoms with Crippen LogP contribution in [-0.2, 0) is 17.6 Å². The molecule has 0 spiro atoms. The van der Waals surface area contributed by atoms with Crippen molar-refractivity contribution in [3.8, 4) is 0 Å². The Labute approximate surface area is 137 Å². The first kappa shape index (κ1) is 17.1. The number of aromatic nitrogens is 1. The summed E-state index contributed by atoms with van der Waals surface area (Å²) < 4.78 is 12.9. The van der Waals surface area contributed by atoms with Gasteiger partial charge in [0.1, 0.15) is 10.7 Å². The van der Waals surface area contributed by atoms with Gasteiger partial charge in [-0.25, -0.2) is 9.37 Å². The van der Waals surface area contributed by atoms with Crippen molar-refractivity contribution in [1.82, 2.24) is 10.3 Å². The molecule has 1 atom stereocenters. The molecule has 0 saturated carbocycles. The summed E-state index contributed by atoms with van der Waals surface area (Å²) in [6.07, 6.45) is 2.64. The molecule has 0 radical (unpaired) electrons. The van der Waals surface area contributed by atoms with Crippen LogP contribution in [0.25, 0.3) is 0 Å². The third-order valence-electron chi connectivity index (χ3n) is 3.39. The van der Waals surface area contributed by atoms with Crippen molar-refractivity contribution in [2.24, 2.45) is 11.7 Å². The average molecular weight is 335 g/mol. The van der Waals surface area contributed by atoms with E-state index in [0.717, 1.165) is 17.0 Å². The Morgan fingerprint density at radius 1 is 1.35 bits per heavy atom. The summed E-state index contributed by atoms with van der Waals surface area (Å²) >= 11 is 1.33. The molecule has 1 aromatic heterocycles. The third kappa shape index (κ3) is 4.85. The van der Waals surface area contributed by atoms with E-state index in [2.05, 4.69) is 10.3 Å². The summed E-state index contributed by atoms with van der Waals surface area (Å²) in [6.45, 7) is 2.09. The van der Waals surface area contributed by atoms with Gasteiger partial charge in [0.2, 0.25) is 5.91 Å². The Kier molecular flexibility index (Phi) is 5.81. The van der Waals surface area contributed by atoms with Crippen LogP contribution in [0.1, 0.15) is 27.2 Å². The van der Waals surface area contributed by atoms with Crippen LogP contribution in [0.5, 0.6) is 0 Å². The van der Waals surface area contributed by atoms with Gasteiger partial charge >= 0.3 is 0 Å². The summed E-state index contributed by atoms with van der Waals surface area (Å²) in [5.41, 5.74) is 6.18. The Balaban J connectivity index is 1.95. The molecule has 0 aliphatic rings. The number of nitrogens with zero attached hydrogens (tertiary/aromatic N) is 1. The van der Waals surface area contributed by atoms with E-state index in [4.69, 9.17) is 5.73 Å². The van der Waals surface area contributed by atoms with Crippen LogP contribution in [0.2, 0.25) is 0 Å². The normalized spacial score (nSPS) is 11.9. The van der Waals surface area contributed by atoms with Crippen LogP contribution >= 0.6 is 11.3 Å². The standard InChI is InChI=1S/C16H18FN3O2S/c1-2-14-19-9-13(23-14)16(22)20-8-11(15(18)21)7-10-3-5-12(17)6-4-10/h3-6,9,11H,2,7-8H2,1H3,(H2,18,21)(H,20,22). The van der Waals surface area contributed by atoms with Crippen LogP contribution in [0.3, 0.4) is 0 Å². The van der Waals surface area contributed by atoms with E-state index >= 15 is 0 Å². The number of nitrogens with one attached hydrogen (secondary N) is 1.